The molecular formula is C12H14ClN5O3. The van der Waals surface area contributed by atoms with E-state index in [1.165, 1.54) is 17.9 Å². The fourth-order valence-electron chi connectivity index (χ4n) is 1.95. The highest BCUT2D eigenvalue weighted by Crippen LogP contribution is 2.15. The van der Waals surface area contributed by atoms with Gasteiger partial charge in [-0.05, 0) is 6.92 Å². The van der Waals surface area contributed by atoms with Gasteiger partial charge in [-0.25, -0.2) is 4.79 Å². The van der Waals surface area contributed by atoms with Crippen molar-refractivity contribution in [2.45, 2.75) is 20.0 Å². The molecule has 0 unspecified atom stereocenters. The molecule has 0 saturated carbocycles. The van der Waals surface area contributed by atoms with Crippen LogP contribution >= 0.6 is 11.6 Å². The lowest BCUT2D eigenvalue weighted by molar-refractivity contribution is 0.0690. The largest absolute Gasteiger partial charge is 0.478 e. The molecule has 2 aromatic heterocycles. The number of carbonyl (C=O) groups excluding carboxylic acids is 1. The minimum absolute atomic E-state index is 0.0128. The van der Waals surface area contributed by atoms with Crippen molar-refractivity contribution in [3.8, 4) is 0 Å². The van der Waals surface area contributed by atoms with Crippen LogP contribution in [-0.4, -0.2) is 36.5 Å². The summed E-state index contributed by atoms with van der Waals surface area (Å²) >= 11 is 6.00. The van der Waals surface area contributed by atoms with Gasteiger partial charge >= 0.3 is 5.97 Å². The Morgan fingerprint density at radius 2 is 2.10 bits per heavy atom. The molecule has 2 N–H and O–H groups in total. The average molecular weight is 312 g/mol. The van der Waals surface area contributed by atoms with Gasteiger partial charge in [0.15, 0.2) is 0 Å². The molecule has 0 saturated heterocycles. The molecule has 2 rings (SSSR count). The molecular weight excluding hydrogens is 298 g/mol. The summed E-state index contributed by atoms with van der Waals surface area (Å²) in [4.78, 5) is 23.2. The summed E-state index contributed by atoms with van der Waals surface area (Å²) in [6.07, 6.45) is 2.64. The SMILES string of the molecule is CCn1ncc(Cl)c1CNC(=O)c1c(C(=O)O)cnn1C. The van der Waals surface area contributed by atoms with Crippen LogP contribution in [0.25, 0.3) is 0 Å². The fourth-order valence-corrected chi connectivity index (χ4v) is 2.16. The van der Waals surface area contributed by atoms with Gasteiger partial charge in [0.2, 0.25) is 0 Å². The van der Waals surface area contributed by atoms with Gasteiger partial charge in [-0.2, -0.15) is 10.2 Å². The third-order valence-corrected chi connectivity index (χ3v) is 3.31. The van der Waals surface area contributed by atoms with Crippen molar-refractivity contribution in [3.63, 3.8) is 0 Å². The summed E-state index contributed by atoms with van der Waals surface area (Å²) < 4.78 is 2.88. The molecule has 0 aliphatic heterocycles. The Labute approximate surface area is 125 Å². The zero-order chi connectivity index (χ0) is 15.6. The normalized spacial score (nSPS) is 10.6. The van der Waals surface area contributed by atoms with Gasteiger partial charge in [-0.1, -0.05) is 11.6 Å². The van der Waals surface area contributed by atoms with E-state index in [9.17, 15) is 9.59 Å². The summed E-state index contributed by atoms with van der Waals surface area (Å²) in [5.74, 6) is -1.74. The van der Waals surface area contributed by atoms with E-state index in [1.807, 2.05) is 6.92 Å². The molecule has 2 heterocycles. The molecule has 9 heteroatoms. The number of aromatic nitrogens is 4. The highest BCUT2D eigenvalue weighted by Gasteiger charge is 2.22. The minimum Gasteiger partial charge on any atom is -0.478 e. The lowest BCUT2D eigenvalue weighted by atomic mass is 10.2. The van der Waals surface area contributed by atoms with Gasteiger partial charge in [0.25, 0.3) is 5.91 Å². The van der Waals surface area contributed by atoms with E-state index in [1.54, 1.807) is 4.68 Å². The van der Waals surface area contributed by atoms with Gasteiger partial charge < -0.3 is 10.4 Å². The van der Waals surface area contributed by atoms with E-state index in [2.05, 4.69) is 15.5 Å². The Hall–Kier alpha value is -2.35. The third kappa shape index (κ3) is 2.89. The number of amides is 1. The first-order valence-electron chi connectivity index (χ1n) is 6.19. The molecule has 8 nitrogen and oxygen atoms in total. The zero-order valence-electron chi connectivity index (χ0n) is 11.5. The second-order valence-corrected chi connectivity index (χ2v) is 4.68. The first-order chi connectivity index (χ1) is 9.95. The van der Waals surface area contributed by atoms with Crippen LogP contribution in [0.5, 0.6) is 0 Å². The van der Waals surface area contributed by atoms with Crippen LogP contribution < -0.4 is 5.32 Å². The standard InChI is InChI=1S/C12H14ClN5O3/c1-3-18-9(8(13)5-16-18)6-14-11(19)10-7(12(20)21)4-15-17(10)2/h4-5H,3,6H2,1-2H3,(H,14,19)(H,20,21). The maximum Gasteiger partial charge on any atom is 0.339 e. The molecule has 1 amide bonds. The Morgan fingerprint density at radius 1 is 1.38 bits per heavy atom. The molecule has 0 spiro atoms. The van der Waals surface area contributed by atoms with Crippen LogP contribution in [0, 0.1) is 0 Å². The van der Waals surface area contributed by atoms with E-state index in [4.69, 9.17) is 16.7 Å². The minimum atomic E-state index is -1.20. The number of carbonyl (C=O) groups is 2. The third-order valence-electron chi connectivity index (χ3n) is 3.00. The maximum absolute atomic E-state index is 12.1. The molecule has 0 aliphatic rings. The van der Waals surface area contributed by atoms with Crippen molar-refractivity contribution < 1.29 is 14.7 Å². The number of aromatic carboxylic acids is 1. The molecule has 0 fully saturated rings. The van der Waals surface area contributed by atoms with Crippen molar-refractivity contribution in [3.05, 3.63) is 34.4 Å². The molecule has 0 bridgehead atoms. The average Bonchev–Trinajstić information content (AvgIpc) is 2.99. The number of nitrogens with zero attached hydrogens (tertiary/aromatic N) is 4. The maximum atomic E-state index is 12.1. The van der Waals surface area contributed by atoms with Gasteiger partial charge in [0, 0.05) is 13.6 Å². The number of carboxylic acids is 1. The summed E-state index contributed by atoms with van der Waals surface area (Å²) in [7, 11) is 1.50. The van der Waals surface area contributed by atoms with Gasteiger partial charge in [-0.15, -0.1) is 0 Å². The highest BCUT2D eigenvalue weighted by molar-refractivity contribution is 6.31. The highest BCUT2D eigenvalue weighted by atomic mass is 35.5. The van der Waals surface area contributed by atoms with Crippen molar-refractivity contribution >= 4 is 23.5 Å². The van der Waals surface area contributed by atoms with E-state index >= 15 is 0 Å². The monoisotopic (exact) mass is 311 g/mol. The molecule has 2 aromatic rings. The second-order valence-electron chi connectivity index (χ2n) is 4.27. The molecule has 112 valence electrons. The van der Waals surface area contributed by atoms with Gasteiger partial charge in [0.05, 0.1) is 29.7 Å². The number of halogens is 1. The topological polar surface area (TPSA) is 102 Å². The van der Waals surface area contributed by atoms with Crippen LogP contribution in [0.4, 0.5) is 0 Å². The number of aryl methyl sites for hydroxylation is 2. The summed E-state index contributed by atoms with van der Waals surface area (Å²) in [6.45, 7) is 2.66. The van der Waals surface area contributed by atoms with Gasteiger partial charge in [0.1, 0.15) is 11.3 Å². The number of nitrogens with one attached hydrogen (secondary N) is 1. The molecule has 0 atom stereocenters. The summed E-state index contributed by atoms with van der Waals surface area (Å²) in [5.41, 5.74) is 0.498. The van der Waals surface area contributed by atoms with E-state index in [0.717, 1.165) is 6.20 Å². The smallest absolute Gasteiger partial charge is 0.339 e. The Balaban J connectivity index is 2.18. The lowest BCUT2D eigenvalue weighted by Crippen LogP contribution is -2.28. The van der Waals surface area contributed by atoms with Crippen molar-refractivity contribution in [1.29, 1.82) is 0 Å². The predicted octanol–water partition coefficient (Wildman–Crippen LogP) is 0.918. The first-order valence-corrected chi connectivity index (χ1v) is 6.57. The zero-order valence-corrected chi connectivity index (χ0v) is 12.3. The van der Waals surface area contributed by atoms with E-state index in [-0.39, 0.29) is 17.8 Å². The van der Waals surface area contributed by atoms with Crippen molar-refractivity contribution in [2.75, 3.05) is 0 Å². The Morgan fingerprint density at radius 3 is 2.71 bits per heavy atom. The number of hydrogen-bond acceptors (Lipinski definition) is 4. The molecule has 0 aliphatic carbocycles. The Bertz CT molecular complexity index is 691. The molecule has 0 radical (unpaired) electrons. The molecule has 0 aromatic carbocycles. The quantitative estimate of drug-likeness (QED) is 0.854. The van der Waals surface area contributed by atoms with Crippen LogP contribution in [0.2, 0.25) is 5.02 Å². The van der Waals surface area contributed by atoms with E-state index < -0.39 is 11.9 Å². The predicted molar refractivity (Wildman–Crippen MR) is 74.2 cm³/mol. The van der Waals surface area contributed by atoms with Crippen molar-refractivity contribution in [1.82, 2.24) is 24.9 Å². The fraction of sp³-hybridized carbons (Fsp3) is 0.333. The van der Waals surface area contributed by atoms with Gasteiger partial charge in [-0.3, -0.25) is 14.2 Å². The first kappa shape index (κ1) is 15.0. The lowest BCUT2D eigenvalue weighted by Gasteiger charge is -2.08. The van der Waals surface area contributed by atoms with Crippen molar-refractivity contribution in [2.24, 2.45) is 7.05 Å². The van der Waals surface area contributed by atoms with E-state index in [0.29, 0.717) is 17.3 Å². The number of hydrogen-bond donors (Lipinski definition) is 2. The second kappa shape index (κ2) is 5.96. The Kier molecular flexibility index (Phi) is 4.27. The molecule has 21 heavy (non-hydrogen) atoms. The summed E-state index contributed by atoms with van der Waals surface area (Å²) in [6, 6.07) is 0. The van der Waals surface area contributed by atoms with Crippen LogP contribution in [-0.2, 0) is 20.1 Å². The van der Waals surface area contributed by atoms with Crippen LogP contribution in [0.3, 0.4) is 0 Å². The van der Waals surface area contributed by atoms with Crippen LogP contribution in [0.1, 0.15) is 33.5 Å². The number of rotatable bonds is 5. The summed E-state index contributed by atoms with van der Waals surface area (Å²) in [5, 5.41) is 20.0. The number of carboxylic acid groups (broad SMARTS) is 1. The van der Waals surface area contributed by atoms with Crippen LogP contribution in [0.15, 0.2) is 12.4 Å².